The number of para-hydroxylation sites is 1. The van der Waals surface area contributed by atoms with E-state index in [4.69, 9.17) is 0 Å². The van der Waals surface area contributed by atoms with Gasteiger partial charge in [-0.2, -0.15) is 0 Å². The Bertz CT molecular complexity index is 716. The Balaban J connectivity index is 2.24. The van der Waals surface area contributed by atoms with Crippen LogP contribution >= 0.6 is 0 Å². The largest absolute Gasteiger partial charge is 0.392 e. The molecule has 0 saturated carbocycles. The average molecular weight is 335 g/mol. The lowest BCUT2D eigenvalue weighted by atomic mass is 10.3. The molecule has 0 unspecified atom stereocenters. The van der Waals surface area contributed by atoms with Crippen LogP contribution in [0.15, 0.2) is 53.6 Å². The molecule has 0 fully saturated rings. The van der Waals surface area contributed by atoms with Crippen LogP contribution in [0.4, 0.5) is 11.5 Å². The molecule has 0 aliphatic carbocycles. The van der Waals surface area contributed by atoms with Crippen LogP contribution in [0.3, 0.4) is 0 Å². The van der Waals surface area contributed by atoms with Gasteiger partial charge in [0.1, 0.15) is 10.7 Å². The van der Waals surface area contributed by atoms with Gasteiger partial charge in [0, 0.05) is 19.3 Å². The molecule has 0 aliphatic rings. The molecule has 0 spiro atoms. The average Bonchev–Trinajstić information content (AvgIpc) is 2.55. The molecule has 124 valence electrons. The number of hydrogen-bond acceptors (Lipinski definition) is 5. The van der Waals surface area contributed by atoms with Gasteiger partial charge >= 0.3 is 0 Å². The van der Waals surface area contributed by atoms with Crippen molar-refractivity contribution in [1.82, 2.24) is 4.98 Å². The zero-order valence-corrected chi connectivity index (χ0v) is 14.0. The van der Waals surface area contributed by atoms with E-state index in [0.717, 1.165) is 0 Å². The van der Waals surface area contributed by atoms with E-state index >= 15 is 0 Å². The fourth-order valence-electron chi connectivity index (χ4n) is 2.10. The Morgan fingerprint density at radius 1 is 1.22 bits per heavy atom. The van der Waals surface area contributed by atoms with Gasteiger partial charge in [0.15, 0.2) is 0 Å². The normalized spacial score (nSPS) is 12.7. The molecule has 0 saturated heterocycles. The summed E-state index contributed by atoms with van der Waals surface area (Å²) in [6.45, 7) is 4.12. The number of pyridine rings is 1. The first-order valence-electron chi connectivity index (χ1n) is 7.41. The predicted molar refractivity (Wildman–Crippen MR) is 91.1 cm³/mol. The van der Waals surface area contributed by atoms with Gasteiger partial charge < -0.3 is 10.4 Å². The molecule has 0 radical (unpaired) electrons. The van der Waals surface area contributed by atoms with Crippen LogP contribution in [0.5, 0.6) is 0 Å². The van der Waals surface area contributed by atoms with E-state index in [1.165, 1.54) is 16.6 Å². The number of aromatic nitrogens is 1. The lowest BCUT2D eigenvalue weighted by Gasteiger charge is -2.22. The minimum absolute atomic E-state index is 0.130. The molecule has 7 heteroatoms. The molecule has 2 rings (SSSR count). The fourth-order valence-corrected chi connectivity index (χ4v) is 3.52. The molecule has 0 aliphatic heterocycles. The third kappa shape index (κ3) is 4.20. The molecule has 6 nitrogen and oxygen atoms in total. The topological polar surface area (TPSA) is 82.5 Å². The van der Waals surface area contributed by atoms with Gasteiger partial charge in [-0.3, -0.25) is 4.31 Å². The zero-order chi connectivity index (χ0) is 16.9. The van der Waals surface area contributed by atoms with Crippen LogP contribution in [0.2, 0.25) is 0 Å². The number of nitrogens with one attached hydrogen (secondary N) is 1. The highest BCUT2D eigenvalue weighted by molar-refractivity contribution is 7.92. The lowest BCUT2D eigenvalue weighted by molar-refractivity contribution is 0.208. The zero-order valence-electron chi connectivity index (χ0n) is 13.2. The number of rotatable bonds is 7. The second-order valence-electron chi connectivity index (χ2n) is 5.11. The number of sulfonamides is 1. The Morgan fingerprint density at radius 2 is 1.91 bits per heavy atom. The quantitative estimate of drug-likeness (QED) is 0.809. The SMILES string of the molecule is CCN(c1ccccc1)S(=O)(=O)c1ccc(NC[C@@H](C)O)nc1. The Hall–Kier alpha value is -2.12. The summed E-state index contributed by atoms with van der Waals surface area (Å²) >= 11 is 0. The molecule has 1 heterocycles. The van der Waals surface area contributed by atoms with E-state index in [1.54, 1.807) is 44.2 Å². The third-order valence-electron chi connectivity index (χ3n) is 3.23. The van der Waals surface area contributed by atoms with Gasteiger partial charge in [-0.05, 0) is 38.1 Å². The molecular weight excluding hydrogens is 314 g/mol. The molecule has 23 heavy (non-hydrogen) atoms. The van der Waals surface area contributed by atoms with E-state index in [-0.39, 0.29) is 4.90 Å². The van der Waals surface area contributed by atoms with Crippen LogP contribution in [-0.2, 0) is 10.0 Å². The van der Waals surface area contributed by atoms with Gasteiger partial charge in [-0.25, -0.2) is 13.4 Å². The van der Waals surface area contributed by atoms with E-state index in [9.17, 15) is 13.5 Å². The number of anilines is 2. The molecule has 0 amide bonds. The summed E-state index contributed by atoms with van der Waals surface area (Å²) in [5.74, 6) is 0.521. The standard InChI is InChI=1S/C16H21N3O3S/c1-3-19(14-7-5-4-6-8-14)23(21,22)15-9-10-16(18-12-15)17-11-13(2)20/h4-10,12-13,20H,3,11H2,1-2H3,(H,17,18)/t13-/m1/s1. The van der Waals surface area contributed by atoms with Gasteiger partial charge in [-0.1, -0.05) is 18.2 Å². The summed E-state index contributed by atoms with van der Waals surface area (Å²) in [5.41, 5.74) is 0.617. The molecule has 1 atom stereocenters. The maximum absolute atomic E-state index is 12.8. The summed E-state index contributed by atoms with van der Waals surface area (Å²) in [4.78, 5) is 4.23. The second kappa shape index (κ2) is 7.43. The summed E-state index contributed by atoms with van der Waals surface area (Å²) in [6.07, 6.45) is 0.819. The minimum Gasteiger partial charge on any atom is -0.392 e. The maximum Gasteiger partial charge on any atom is 0.265 e. The van der Waals surface area contributed by atoms with Crippen molar-refractivity contribution in [2.24, 2.45) is 0 Å². The van der Waals surface area contributed by atoms with Crippen LogP contribution in [0.1, 0.15) is 13.8 Å². The number of benzene rings is 1. The Kier molecular flexibility index (Phi) is 5.57. The van der Waals surface area contributed by atoms with Crippen molar-refractivity contribution in [3.8, 4) is 0 Å². The monoisotopic (exact) mass is 335 g/mol. The summed E-state index contributed by atoms with van der Waals surface area (Å²) in [7, 11) is -3.66. The van der Waals surface area contributed by atoms with E-state index in [0.29, 0.717) is 24.6 Å². The minimum atomic E-state index is -3.66. The molecule has 2 N–H and O–H groups in total. The number of hydrogen-bond donors (Lipinski definition) is 2. The molecule has 0 bridgehead atoms. The van der Waals surface area contributed by atoms with Gasteiger partial charge in [0.2, 0.25) is 0 Å². The first-order valence-corrected chi connectivity index (χ1v) is 8.85. The first-order chi connectivity index (χ1) is 10.9. The van der Waals surface area contributed by atoms with Crippen molar-refractivity contribution in [3.63, 3.8) is 0 Å². The predicted octanol–water partition coefficient (Wildman–Crippen LogP) is 2.09. The molecule has 1 aromatic heterocycles. The maximum atomic E-state index is 12.8. The van der Waals surface area contributed by atoms with E-state index < -0.39 is 16.1 Å². The highest BCUT2D eigenvalue weighted by atomic mass is 32.2. The van der Waals surface area contributed by atoms with Crippen LogP contribution in [-0.4, -0.2) is 37.7 Å². The Labute approximate surface area is 136 Å². The van der Waals surface area contributed by atoms with Gasteiger partial charge in [0.05, 0.1) is 11.8 Å². The third-order valence-corrected chi connectivity index (χ3v) is 5.12. The lowest BCUT2D eigenvalue weighted by Crippen LogP contribution is -2.30. The molecule has 1 aromatic carbocycles. The second-order valence-corrected chi connectivity index (χ2v) is 6.98. The van der Waals surface area contributed by atoms with Crippen molar-refractivity contribution in [3.05, 3.63) is 48.7 Å². The van der Waals surface area contributed by atoms with Gasteiger partial charge in [0.25, 0.3) is 10.0 Å². The van der Waals surface area contributed by atoms with Crippen LogP contribution in [0, 0.1) is 0 Å². The number of aliphatic hydroxyl groups is 1. The molecule has 2 aromatic rings. The van der Waals surface area contributed by atoms with Crippen LogP contribution in [0.25, 0.3) is 0 Å². The highest BCUT2D eigenvalue weighted by Gasteiger charge is 2.23. The summed E-state index contributed by atoms with van der Waals surface area (Å²) < 4.78 is 26.9. The Morgan fingerprint density at radius 3 is 2.43 bits per heavy atom. The fraction of sp³-hybridized carbons (Fsp3) is 0.312. The first kappa shape index (κ1) is 17.2. The highest BCUT2D eigenvalue weighted by Crippen LogP contribution is 2.23. The number of aliphatic hydroxyl groups excluding tert-OH is 1. The van der Waals surface area contributed by atoms with Crippen molar-refractivity contribution in [1.29, 1.82) is 0 Å². The van der Waals surface area contributed by atoms with E-state index in [1.807, 2.05) is 6.07 Å². The smallest absolute Gasteiger partial charge is 0.265 e. The van der Waals surface area contributed by atoms with Crippen molar-refractivity contribution >= 4 is 21.5 Å². The van der Waals surface area contributed by atoms with Gasteiger partial charge in [-0.15, -0.1) is 0 Å². The number of nitrogens with zero attached hydrogens (tertiary/aromatic N) is 2. The van der Waals surface area contributed by atoms with Crippen molar-refractivity contribution in [2.45, 2.75) is 24.8 Å². The van der Waals surface area contributed by atoms with Crippen molar-refractivity contribution < 1.29 is 13.5 Å². The van der Waals surface area contributed by atoms with E-state index in [2.05, 4.69) is 10.3 Å². The van der Waals surface area contributed by atoms with Crippen LogP contribution < -0.4 is 9.62 Å². The molecular formula is C16H21N3O3S. The van der Waals surface area contributed by atoms with Crippen molar-refractivity contribution in [2.75, 3.05) is 22.7 Å². The summed E-state index contributed by atoms with van der Waals surface area (Å²) in [5, 5.41) is 12.2. The summed E-state index contributed by atoms with van der Waals surface area (Å²) in [6, 6.07) is 12.1.